The molecule has 24 heavy (non-hydrogen) atoms. The fourth-order valence-electron chi connectivity index (χ4n) is 2.40. The first-order valence-corrected chi connectivity index (χ1v) is 7.71. The summed E-state index contributed by atoms with van der Waals surface area (Å²) >= 11 is 0. The van der Waals surface area contributed by atoms with E-state index >= 15 is 0 Å². The molecule has 0 saturated heterocycles. The van der Waals surface area contributed by atoms with E-state index in [4.69, 9.17) is 0 Å². The topological polar surface area (TPSA) is 63.9 Å². The highest BCUT2D eigenvalue weighted by molar-refractivity contribution is 5.91. The first kappa shape index (κ1) is 15.9. The minimum absolute atomic E-state index is 0.170. The highest BCUT2D eigenvalue weighted by Gasteiger charge is 2.16. The number of amides is 1. The molecule has 0 aliphatic heterocycles. The van der Waals surface area contributed by atoms with Gasteiger partial charge in [-0.2, -0.15) is 0 Å². The number of imidazole rings is 1. The number of carbonyl (C=O) groups is 1. The molecular formula is C18H19N5O. The van der Waals surface area contributed by atoms with Gasteiger partial charge in [0.05, 0.1) is 18.4 Å². The summed E-state index contributed by atoms with van der Waals surface area (Å²) in [7, 11) is 1.74. The highest BCUT2D eigenvalue weighted by Crippen LogP contribution is 2.09. The van der Waals surface area contributed by atoms with Crippen LogP contribution in [0.1, 0.15) is 27.6 Å². The van der Waals surface area contributed by atoms with Gasteiger partial charge in [-0.25, -0.2) is 9.97 Å². The normalized spacial score (nSPS) is 10.6. The summed E-state index contributed by atoms with van der Waals surface area (Å²) in [6, 6.07) is 10.2. The Labute approximate surface area is 140 Å². The van der Waals surface area contributed by atoms with Crippen molar-refractivity contribution in [1.29, 1.82) is 0 Å². The quantitative estimate of drug-likeness (QED) is 0.723. The minimum Gasteiger partial charge on any atom is -0.333 e. The van der Waals surface area contributed by atoms with Crippen molar-refractivity contribution in [3.63, 3.8) is 0 Å². The lowest BCUT2D eigenvalue weighted by molar-refractivity contribution is 0.0774. The molecule has 0 spiro atoms. The van der Waals surface area contributed by atoms with Crippen molar-refractivity contribution < 1.29 is 4.79 Å². The van der Waals surface area contributed by atoms with E-state index in [1.807, 2.05) is 35.9 Å². The molecular weight excluding hydrogens is 302 g/mol. The van der Waals surface area contributed by atoms with Crippen LogP contribution in [0.4, 0.5) is 0 Å². The van der Waals surface area contributed by atoms with E-state index < -0.39 is 0 Å². The molecule has 6 heteroatoms. The monoisotopic (exact) mass is 321 g/mol. The molecule has 2 heterocycles. The lowest BCUT2D eigenvalue weighted by atomic mass is 10.2. The predicted molar refractivity (Wildman–Crippen MR) is 90.3 cm³/mol. The molecule has 1 amide bonds. The van der Waals surface area contributed by atoms with Crippen LogP contribution in [-0.2, 0) is 13.1 Å². The number of benzene rings is 1. The van der Waals surface area contributed by atoms with E-state index in [0.29, 0.717) is 12.2 Å². The van der Waals surface area contributed by atoms with Crippen LogP contribution >= 0.6 is 0 Å². The first-order valence-electron chi connectivity index (χ1n) is 7.71. The molecule has 3 aromatic rings. The Morgan fingerprint density at radius 2 is 1.92 bits per heavy atom. The standard InChI is InChI=1S/C18H19N5O/c1-14-10-21-16(11-20-14)18(24)22(2)13-17-19-8-9-23(17)12-15-6-4-3-5-7-15/h3-11H,12-13H2,1-2H3. The van der Waals surface area contributed by atoms with E-state index in [9.17, 15) is 4.79 Å². The van der Waals surface area contributed by atoms with Crippen LogP contribution < -0.4 is 0 Å². The van der Waals surface area contributed by atoms with Gasteiger partial charge < -0.3 is 9.47 Å². The van der Waals surface area contributed by atoms with Crippen LogP contribution in [0, 0.1) is 6.92 Å². The van der Waals surface area contributed by atoms with Gasteiger partial charge in [0.2, 0.25) is 0 Å². The first-order chi connectivity index (χ1) is 11.6. The third kappa shape index (κ3) is 3.65. The van der Waals surface area contributed by atoms with E-state index in [2.05, 4.69) is 27.1 Å². The molecule has 0 unspecified atom stereocenters. The molecule has 3 rings (SSSR count). The molecule has 2 aromatic heterocycles. The average Bonchev–Trinajstić information content (AvgIpc) is 3.02. The van der Waals surface area contributed by atoms with Crippen LogP contribution in [0.3, 0.4) is 0 Å². The van der Waals surface area contributed by atoms with Crippen molar-refractivity contribution in [3.8, 4) is 0 Å². The zero-order valence-corrected chi connectivity index (χ0v) is 13.8. The Kier molecular flexibility index (Phi) is 4.65. The third-order valence-corrected chi connectivity index (χ3v) is 3.72. The van der Waals surface area contributed by atoms with Crippen LogP contribution in [-0.4, -0.2) is 37.4 Å². The van der Waals surface area contributed by atoms with Crippen LogP contribution in [0.2, 0.25) is 0 Å². The van der Waals surface area contributed by atoms with Gasteiger partial charge >= 0.3 is 0 Å². The van der Waals surface area contributed by atoms with Gasteiger partial charge in [0.25, 0.3) is 5.91 Å². The minimum atomic E-state index is -0.170. The number of aromatic nitrogens is 4. The van der Waals surface area contributed by atoms with Crippen LogP contribution in [0.25, 0.3) is 0 Å². The van der Waals surface area contributed by atoms with Gasteiger partial charge in [-0.1, -0.05) is 30.3 Å². The summed E-state index contributed by atoms with van der Waals surface area (Å²) in [4.78, 5) is 26.7. The number of hydrogen-bond donors (Lipinski definition) is 0. The molecule has 0 saturated carbocycles. The van der Waals surface area contributed by atoms with Gasteiger partial charge in [-0.3, -0.25) is 9.78 Å². The molecule has 6 nitrogen and oxygen atoms in total. The van der Waals surface area contributed by atoms with Crippen molar-refractivity contribution >= 4 is 5.91 Å². The van der Waals surface area contributed by atoms with Crippen molar-refractivity contribution in [2.75, 3.05) is 7.05 Å². The lowest BCUT2D eigenvalue weighted by Crippen LogP contribution is -2.28. The molecule has 0 radical (unpaired) electrons. The summed E-state index contributed by atoms with van der Waals surface area (Å²) < 4.78 is 2.04. The smallest absolute Gasteiger partial charge is 0.274 e. The van der Waals surface area contributed by atoms with Crippen LogP contribution in [0.5, 0.6) is 0 Å². The van der Waals surface area contributed by atoms with Crippen LogP contribution in [0.15, 0.2) is 55.1 Å². The Morgan fingerprint density at radius 3 is 2.62 bits per heavy atom. The molecule has 0 aliphatic rings. The van der Waals surface area contributed by atoms with Gasteiger partial charge in [-0.15, -0.1) is 0 Å². The SMILES string of the molecule is Cc1cnc(C(=O)N(C)Cc2nccn2Cc2ccccc2)cn1. The zero-order chi connectivity index (χ0) is 16.9. The highest BCUT2D eigenvalue weighted by atomic mass is 16.2. The third-order valence-electron chi connectivity index (χ3n) is 3.72. The molecule has 0 N–H and O–H groups in total. The molecule has 0 fully saturated rings. The number of carbonyl (C=O) groups excluding carboxylic acids is 1. The summed E-state index contributed by atoms with van der Waals surface area (Å²) in [6.45, 7) is 2.97. The second kappa shape index (κ2) is 7.04. The van der Waals surface area contributed by atoms with Gasteiger partial charge in [0, 0.05) is 32.2 Å². The van der Waals surface area contributed by atoms with E-state index in [-0.39, 0.29) is 5.91 Å². The van der Waals surface area contributed by atoms with Crippen molar-refractivity contribution in [2.45, 2.75) is 20.0 Å². The Morgan fingerprint density at radius 1 is 1.12 bits per heavy atom. The molecule has 1 aromatic carbocycles. The fourth-order valence-corrected chi connectivity index (χ4v) is 2.40. The maximum absolute atomic E-state index is 12.4. The summed E-state index contributed by atoms with van der Waals surface area (Å²) in [5, 5.41) is 0. The van der Waals surface area contributed by atoms with Crippen molar-refractivity contribution in [1.82, 2.24) is 24.4 Å². The number of hydrogen-bond acceptors (Lipinski definition) is 4. The average molecular weight is 321 g/mol. The van der Waals surface area contributed by atoms with Gasteiger partial charge in [0.15, 0.2) is 0 Å². The summed E-state index contributed by atoms with van der Waals surface area (Å²) in [5.74, 6) is 0.659. The van der Waals surface area contributed by atoms with E-state index in [1.54, 1.807) is 24.3 Å². The van der Waals surface area contributed by atoms with E-state index in [0.717, 1.165) is 18.1 Å². The van der Waals surface area contributed by atoms with Crippen molar-refractivity contribution in [2.24, 2.45) is 0 Å². The largest absolute Gasteiger partial charge is 0.333 e. The molecule has 122 valence electrons. The second-order valence-corrected chi connectivity index (χ2v) is 5.66. The number of rotatable bonds is 5. The Bertz CT molecular complexity index is 811. The van der Waals surface area contributed by atoms with Gasteiger partial charge in [-0.05, 0) is 12.5 Å². The molecule has 0 bridgehead atoms. The molecule has 0 atom stereocenters. The fraction of sp³-hybridized carbons (Fsp3) is 0.222. The Balaban J connectivity index is 1.71. The van der Waals surface area contributed by atoms with Crippen molar-refractivity contribution in [3.05, 3.63) is 77.9 Å². The maximum Gasteiger partial charge on any atom is 0.274 e. The summed E-state index contributed by atoms with van der Waals surface area (Å²) in [5.41, 5.74) is 2.31. The Hall–Kier alpha value is -3.02. The summed E-state index contributed by atoms with van der Waals surface area (Å²) in [6.07, 6.45) is 6.77. The number of aryl methyl sites for hydroxylation is 1. The second-order valence-electron chi connectivity index (χ2n) is 5.66. The zero-order valence-electron chi connectivity index (χ0n) is 13.8. The molecule has 0 aliphatic carbocycles. The maximum atomic E-state index is 12.4. The predicted octanol–water partition coefficient (Wildman–Crippen LogP) is 2.30. The van der Waals surface area contributed by atoms with Gasteiger partial charge in [0.1, 0.15) is 11.5 Å². The lowest BCUT2D eigenvalue weighted by Gasteiger charge is -2.17. The number of nitrogens with zero attached hydrogens (tertiary/aromatic N) is 5. The van der Waals surface area contributed by atoms with E-state index in [1.165, 1.54) is 11.8 Å².